The van der Waals surface area contributed by atoms with E-state index in [-0.39, 0.29) is 6.10 Å². The van der Waals surface area contributed by atoms with Crippen LogP contribution in [0.3, 0.4) is 0 Å². The lowest BCUT2D eigenvalue weighted by atomic mass is 10.3. The highest BCUT2D eigenvalue weighted by molar-refractivity contribution is 4.61. The average Bonchev–Trinajstić information content (AvgIpc) is 1.96. The van der Waals surface area contributed by atoms with E-state index in [0.29, 0.717) is 19.2 Å². The molecule has 3 heteroatoms. The van der Waals surface area contributed by atoms with E-state index >= 15 is 0 Å². The van der Waals surface area contributed by atoms with Gasteiger partial charge in [-0.15, -0.1) is 0 Å². The van der Waals surface area contributed by atoms with Crippen LogP contribution in [0.25, 0.3) is 0 Å². The number of hydrogen-bond donors (Lipinski definition) is 2. The fourth-order valence-corrected chi connectivity index (χ4v) is 0.734. The molecule has 0 aliphatic rings. The summed E-state index contributed by atoms with van der Waals surface area (Å²) in [5.41, 5.74) is 0. The van der Waals surface area contributed by atoms with Crippen molar-refractivity contribution in [3.05, 3.63) is 0 Å². The monoisotopic (exact) mass is 175 g/mol. The van der Waals surface area contributed by atoms with Gasteiger partial charge >= 0.3 is 0 Å². The van der Waals surface area contributed by atoms with Crippen LogP contribution in [-0.2, 0) is 4.74 Å². The number of rotatable bonds is 6. The molecule has 0 amide bonds. The maximum absolute atomic E-state index is 9.36. The third-order valence-corrected chi connectivity index (χ3v) is 1.38. The highest BCUT2D eigenvalue weighted by Crippen LogP contribution is 1.91. The first-order valence-corrected chi connectivity index (χ1v) is 4.55. The molecule has 0 saturated heterocycles. The van der Waals surface area contributed by atoms with Crippen molar-refractivity contribution in [1.29, 1.82) is 0 Å². The zero-order valence-electron chi connectivity index (χ0n) is 8.50. The number of ether oxygens (including phenoxy) is 1. The molecule has 0 spiro atoms. The second-order valence-corrected chi connectivity index (χ2v) is 3.60. The Labute approximate surface area is 75.1 Å². The Morgan fingerprint density at radius 1 is 1.25 bits per heavy atom. The van der Waals surface area contributed by atoms with Gasteiger partial charge in [0.15, 0.2) is 0 Å². The Morgan fingerprint density at radius 3 is 2.25 bits per heavy atom. The van der Waals surface area contributed by atoms with Gasteiger partial charge < -0.3 is 15.2 Å². The molecule has 0 fully saturated rings. The van der Waals surface area contributed by atoms with E-state index in [1.165, 1.54) is 0 Å². The van der Waals surface area contributed by atoms with Gasteiger partial charge in [0, 0.05) is 12.6 Å². The van der Waals surface area contributed by atoms with E-state index in [1.54, 1.807) is 0 Å². The molecule has 0 aliphatic heterocycles. The Balaban J connectivity index is 3.27. The van der Waals surface area contributed by atoms with Crippen molar-refractivity contribution in [2.45, 2.75) is 45.9 Å². The van der Waals surface area contributed by atoms with Gasteiger partial charge in [-0.2, -0.15) is 0 Å². The molecule has 0 aromatic carbocycles. The lowest BCUT2D eigenvalue weighted by Gasteiger charge is -2.15. The van der Waals surface area contributed by atoms with Crippen LogP contribution in [0, 0.1) is 0 Å². The van der Waals surface area contributed by atoms with E-state index in [0.717, 1.165) is 0 Å². The van der Waals surface area contributed by atoms with Gasteiger partial charge in [0.05, 0.1) is 18.8 Å². The van der Waals surface area contributed by atoms with Crippen LogP contribution < -0.4 is 5.32 Å². The van der Waals surface area contributed by atoms with Crippen LogP contribution in [0.15, 0.2) is 0 Å². The third kappa shape index (κ3) is 7.98. The van der Waals surface area contributed by atoms with Crippen LogP contribution in [-0.4, -0.2) is 36.5 Å². The molecule has 0 radical (unpaired) electrons. The molecule has 1 unspecified atom stereocenters. The van der Waals surface area contributed by atoms with Crippen molar-refractivity contribution in [3.8, 4) is 0 Å². The molecule has 0 heterocycles. The molecule has 74 valence electrons. The zero-order valence-corrected chi connectivity index (χ0v) is 8.50. The number of aliphatic hydroxyl groups excluding tert-OH is 1. The minimum atomic E-state index is -0.394. The first-order valence-electron chi connectivity index (χ1n) is 4.55. The van der Waals surface area contributed by atoms with E-state index in [4.69, 9.17) is 4.74 Å². The molecule has 2 N–H and O–H groups in total. The largest absolute Gasteiger partial charge is 0.389 e. The van der Waals surface area contributed by atoms with Crippen molar-refractivity contribution in [1.82, 2.24) is 5.32 Å². The highest BCUT2D eigenvalue weighted by Gasteiger charge is 2.05. The summed E-state index contributed by atoms with van der Waals surface area (Å²) < 4.78 is 5.25. The summed E-state index contributed by atoms with van der Waals surface area (Å²) in [7, 11) is 0. The molecule has 1 atom stereocenters. The summed E-state index contributed by atoms with van der Waals surface area (Å²) in [5.74, 6) is 0. The predicted molar refractivity (Wildman–Crippen MR) is 50.2 cm³/mol. The Kier molecular flexibility index (Phi) is 6.34. The summed E-state index contributed by atoms with van der Waals surface area (Å²) in [6.07, 6.45) is -0.200. The molecule has 0 rings (SSSR count). The summed E-state index contributed by atoms with van der Waals surface area (Å²) in [4.78, 5) is 0. The van der Waals surface area contributed by atoms with Gasteiger partial charge in [0.1, 0.15) is 0 Å². The Hall–Kier alpha value is -0.120. The maximum atomic E-state index is 9.36. The molecular weight excluding hydrogens is 154 g/mol. The molecule has 12 heavy (non-hydrogen) atoms. The van der Waals surface area contributed by atoms with Crippen LogP contribution in [0.2, 0.25) is 0 Å². The predicted octanol–water partition coefficient (Wildman–Crippen LogP) is 0.770. The normalized spacial score (nSPS) is 14.2. The number of hydrogen-bond acceptors (Lipinski definition) is 3. The fraction of sp³-hybridized carbons (Fsp3) is 1.00. The SMILES string of the molecule is CC(C)NCC(O)COC(C)C. The summed E-state index contributed by atoms with van der Waals surface area (Å²) in [6, 6.07) is 0.415. The van der Waals surface area contributed by atoms with E-state index in [9.17, 15) is 5.11 Å². The maximum Gasteiger partial charge on any atom is 0.0897 e. The van der Waals surface area contributed by atoms with Crippen LogP contribution in [0.5, 0.6) is 0 Å². The Morgan fingerprint density at radius 2 is 1.83 bits per heavy atom. The molecule has 0 saturated carbocycles. The molecule has 0 bridgehead atoms. The van der Waals surface area contributed by atoms with Gasteiger partial charge in [-0.05, 0) is 13.8 Å². The number of aliphatic hydroxyl groups is 1. The van der Waals surface area contributed by atoms with E-state index < -0.39 is 6.10 Å². The molecule has 0 aliphatic carbocycles. The second kappa shape index (κ2) is 6.40. The number of nitrogens with one attached hydrogen (secondary N) is 1. The Bertz CT molecular complexity index is 92.7. The van der Waals surface area contributed by atoms with Gasteiger partial charge in [-0.25, -0.2) is 0 Å². The van der Waals surface area contributed by atoms with Crippen molar-refractivity contribution < 1.29 is 9.84 Å². The topological polar surface area (TPSA) is 41.5 Å². The lowest BCUT2D eigenvalue weighted by molar-refractivity contribution is 0.00580. The van der Waals surface area contributed by atoms with Gasteiger partial charge in [0.25, 0.3) is 0 Å². The smallest absolute Gasteiger partial charge is 0.0897 e. The molecule has 0 aromatic rings. The second-order valence-electron chi connectivity index (χ2n) is 3.60. The van der Waals surface area contributed by atoms with Crippen molar-refractivity contribution in [2.75, 3.05) is 13.2 Å². The van der Waals surface area contributed by atoms with Crippen molar-refractivity contribution in [2.24, 2.45) is 0 Å². The van der Waals surface area contributed by atoms with Gasteiger partial charge in [0.2, 0.25) is 0 Å². The molecule has 3 nitrogen and oxygen atoms in total. The van der Waals surface area contributed by atoms with Crippen LogP contribution >= 0.6 is 0 Å². The minimum Gasteiger partial charge on any atom is -0.389 e. The third-order valence-electron chi connectivity index (χ3n) is 1.38. The quantitative estimate of drug-likeness (QED) is 0.626. The zero-order chi connectivity index (χ0) is 9.56. The summed E-state index contributed by atoms with van der Waals surface area (Å²) in [6.45, 7) is 9.04. The molecule has 0 aromatic heterocycles. The molecular formula is C9H21NO2. The summed E-state index contributed by atoms with van der Waals surface area (Å²) in [5, 5.41) is 12.5. The highest BCUT2D eigenvalue weighted by atomic mass is 16.5. The minimum absolute atomic E-state index is 0.193. The van der Waals surface area contributed by atoms with E-state index in [2.05, 4.69) is 19.2 Å². The first-order chi connectivity index (χ1) is 5.52. The summed E-state index contributed by atoms with van der Waals surface area (Å²) >= 11 is 0. The fourth-order valence-electron chi connectivity index (χ4n) is 0.734. The first kappa shape index (κ1) is 11.9. The van der Waals surface area contributed by atoms with Crippen molar-refractivity contribution >= 4 is 0 Å². The van der Waals surface area contributed by atoms with Crippen LogP contribution in [0.1, 0.15) is 27.7 Å². The van der Waals surface area contributed by atoms with Gasteiger partial charge in [-0.3, -0.25) is 0 Å². The standard InChI is InChI=1S/C9H21NO2/c1-7(2)10-5-9(11)6-12-8(3)4/h7-11H,5-6H2,1-4H3. The van der Waals surface area contributed by atoms with E-state index in [1.807, 2.05) is 13.8 Å². The van der Waals surface area contributed by atoms with Crippen LogP contribution in [0.4, 0.5) is 0 Å². The van der Waals surface area contributed by atoms with Gasteiger partial charge in [-0.1, -0.05) is 13.8 Å². The van der Waals surface area contributed by atoms with Crippen molar-refractivity contribution in [3.63, 3.8) is 0 Å². The average molecular weight is 175 g/mol. The lowest BCUT2D eigenvalue weighted by Crippen LogP contribution is -2.34.